The smallest absolute Gasteiger partial charge is 0.227 e. The topological polar surface area (TPSA) is 104 Å². The Bertz CT molecular complexity index is 579. The second kappa shape index (κ2) is 5.92. The maximum atomic E-state index is 11.9. The maximum absolute atomic E-state index is 11.9. The molecular weight excluding hydrogens is 280 g/mol. The number of amides is 1. The van der Waals surface area contributed by atoms with E-state index in [1.165, 1.54) is 0 Å². The molecule has 1 fully saturated rings. The number of carbonyl (C=O) groups excluding carboxylic acids is 1. The molecule has 2 heterocycles. The molecule has 8 heteroatoms. The first kappa shape index (κ1) is 15.0. The summed E-state index contributed by atoms with van der Waals surface area (Å²) in [4.78, 5) is 11.9. The van der Waals surface area contributed by atoms with Crippen LogP contribution in [0.1, 0.15) is 31.9 Å². The van der Waals surface area contributed by atoms with Crippen molar-refractivity contribution in [3.8, 4) is 0 Å². The van der Waals surface area contributed by atoms with Crippen molar-refractivity contribution < 1.29 is 13.2 Å². The fourth-order valence-corrected chi connectivity index (χ4v) is 3.56. The zero-order valence-corrected chi connectivity index (χ0v) is 12.5. The number of aromatic nitrogens is 2. The SMILES string of the molecule is CC(C)c1cc(NC(=O)CC2CS(=O)(=O)CCN2)n[nH]1. The van der Waals surface area contributed by atoms with Crippen molar-refractivity contribution in [2.24, 2.45) is 0 Å². The van der Waals surface area contributed by atoms with Crippen LogP contribution in [-0.4, -0.2) is 48.6 Å². The van der Waals surface area contributed by atoms with E-state index < -0.39 is 9.84 Å². The second-order valence-corrected chi connectivity index (χ2v) is 7.61. The number of nitrogens with one attached hydrogen (secondary N) is 3. The summed E-state index contributed by atoms with van der Waals surface area (Å²) in [5.74, 6) is 0.692. The van der Waals surface area contributed by atoms with Crippen molar-refractivity contribution in [1.29, 1.82) is 0 Å². The molecule has 0 spiro atoms. The van der Waals surface area contributed by atoms with Crippen molar-refractivity contribution >= 4 is 21.6 Å². The lowest BCUT2D eigenvalue weighted by molar-refractivity contribution is -0.116. The van der Waals surface area contributed by atoms with Gasteiger partial charge in [0.1, 0.15) is 0 Å². The molecule has 0 bridgehead atoms. The van der Waals surface area contributed by atoms with E-state index in [1.807, 2.05) is 13.8 Å². The molecule has 1 aliphatic heterocycles. The zero-order chi connectivity index (χ0) is 14.8. The first-order valence-corrected chi connectivity index (χ1v) is 8.47. The fourth-order valence-electron chi connectivity index (χ4n) is 2.11. The van der Waals surface area contributed by atoms with Crippen molar-refractivity contribution in [1.82, 2.24) is 15.5 Å². The third-order valence-electron chi connectivity index (χ3n) is 3.22. The minimum atomic E-state index is -3.02. The van der Waals surface area contributed by atoms with Crippen LogP contribution in [0, 0.1) is 0 Å². The van der Waals surface area contributed by atoms with E-state index in [-0.39, 0.29) is 29.9 Å². The van der Waals surface area contributed by atoms with Crippen LogP contribution in [-0.2, 0) is 14.6 Å². The van der Waals surface area contributed by atoms with E-state index in [9.17, 15) is 13.2 Å². The average molecular weight is 300 g/mol. The van der Waals surface area contributed by atoms with Gasteiger partial charge in [0.25, 0.3) is 0 Å². The molecule has 3 N–H and O–H groups in total. The van der Waals surface area contributed by atoms with Gasteiger partial charge in [-0.25, -0.2) is 8.42 Å². The van der Waals surface area contributed by atoms with E-state index in [0.29, 0.717) is 18.3 Å². The fraction of sp³-hybridized carbons (Fsp3) is 0.667. The minimum absolute atomic E-state index is 0.0121. The third kappa shape index (κ3) is 4.04. The lowest BCUT2D eigenvalue weighted by atomic mass is 10.1. The molecule has 7 nitrogen and oxygen atoms in total. The lowest BCUT2D eigenvalue weighted by Gasteiger charge is -2.22. The molecule has 1 atom stereocenters. The van der Waals surface area contributed by atoms with Crippen LogP contribution >= 0.6 is 0 Å². The molecule has 0 radical (unpaired) electrons. The molecule has 1 unspecified atom stereocenters. The van der Waals surface area contributed by atoms with Gasteiger partial charge in [0.15, 0.2) is 15.7 Å². The molecule has 1 saturated heterocycles. The predicted molar refractivity (Wildman–Crippen MR) is 76.4 cm³/mol. The summed E-state index contributed by atoms with van der Waals surface area (Å²) in [6.45, 7) is 4.45. The Balaban J connectivity index is 1.88. The van der Waals surface area contributed by atoms with Crippen LogP contribution in [0.25, 0.3) is 0 Å². The first-order valence-electron chi connectivity index (χ1n) is 6.65. The van der Waals surface area contributed by atoms with Crippen LogP contribution in [0.3, 0.4) is 0 Å². The number of hydrogen-bond donors (Lipinski definition) is 3. The molecule has 2 rings (SSSR count). The quantitative estimate of drug-likeness (QED) is 0.739. The van der Waals surface area contributed by atoms with E-state index in [1.54, 1.807) is 6.07 Å². The highest BCUT2D eigenvalue weighted by molar-refractivity contribution is 7.91. The molecule has 1 aromatic heterocycles. The van der Waals surface area contributed by atoms with Gasteiger partial charge < -0.3 is 10.6 Å². The number of H-pyrrole nitrogens is 1. The average Bonchev–Trinajstić information content (AvgIpc) is 2.75. The van der Waals surface area contributed by atoms with Crippen LogP contribution in [0.5, 0.6) is 0 Å². The second-order valence-electron chi connectivity index (χ2n) is 5.38. The Hall–Kier alpha value is -1.41. The van der Waals surface area contributed by atoms with Crippen LogP contribution in [0.4, 0.5) is 5.82 Å². The van der Waals surface area contributed by atoms with E-state index >= 15 is 0 Å². The summed E-state index contributed by atoms with van der Waals surface area (Å²) >= 11 is 0. The highest BCUT2D eigenvalue weighted by atomic mass is 32.2. The molecule has 112 valence electrons. The molecule has 0 saturated carbocycles. The zero-order valence-electron chi connectivity index (χ0n) is 11.6. The molecule has 1 aliphatic rings. The Kier molecular flexibility index (Phi) is 4.44. The van der Waals surface area contributed by atoms with E-state index in [0.717, 1.165) is 5.69 Å². The van der Waals surface area contributed by atoms with Crippen LogP contribution in [0.15, 0.2) is 6.07 Å². The van der Waals surface area contributed by atoms with Gasteiger partial charge in [0.05, 0.1) is 11.5 Å². The van der Waals surface area contributed by atoms with Crippen LogP contribution < -0.4 is 10.6 Å². The summed E-state index contributed by atoms with van der Waals surface area (Å²) < 4.78 is 23.0. The highest BCUT2D eigenvalue weighted by Gasteiger charge is 2.26. The number of rotatable bonds is 4. The lowest BCUT2D eigenvalue weighted by Crippen LogP contribution is -2.46. The summed E-state index contributed by atoms with van der Waals surface area (Å²) in [6, 6.07) is 1.46. The van der Waals surface area contributed by atoms with Gasteiger partial charge in [-0.1, -0.05) is 13.8 Å². The van der Waals surface area contributed by atoms with Crippen molar-refractivity contribution in [2.45, 2.75) is 32.2 Å². The minimum Gasteiger partial charge on any atom is -0.311 e. The Morgan fingerprint density at radius 3 is 2.90 bits per heavy atom. The van der Waals surface area contributed by atoms with Gasteiger partial charge in [-0.15, -0.1) is 0 Å². The van der Waals surface area contributed by atoms with Crippen molar-refractivity contribution in [3.63, 3.8) is 0 Å². The number of nitrogens with zero attached hydrogens (tertiary/aromatic N) is 1. The summed E-state index contributed by atoms with van der Waals surface area (Å²) in [5.41, 5.74) is 0.943. The van der Waals surface area contributed by atoms with Gasteiger partial charge in [-0.05, 0) is 5.92 Å². The number of hydrogen-bond acceptors (Lipinski definition) is 5. The normalized spacial score (nSPS) is 21.9. The largest absolute Gasteiger partial charge is 0.311 e. The van der Waals surface area contributed by atoms with Gasteiger partial charge in [-0.2, -0.15) is 5.10 Å². The van der Waals surface area contributed by atoms with E-state index in [4.69, 9.17) is 0 Å². The summed E-state index contributed by atoms with van der Waals surface area (Å²) in [6.07, 6.45) is 0.128. The first-order chi connectivity index (χ1) is 9.35. The maximum Gasteiger partial charge on any atom is 0.227 e. The third-order valence-corrected chi connectivity index (χ3v) is 4.96. The number of aromatic amines is 1. The van der Waals surface area contributed by atoms with Gasteiger partial charge >= 0.3 is 0 Å². The Labute approximate surface area is 118 Å². The van der Waals surface area contributed by atoms with Gasteiger partial charge in [0, 0.05) is 30.8 Å². The molecular formula is C12H20N4O3S. The number of carbonyl (C=O) groups is 1. The standard InChI is InChI=1S/C12H20N4O3S/c1-8(2)10-6-11(16-15-10)14-12(17)5-9-7-20(18,19)4-3-13-9/h6,8-9,13H,3-5,7H2,1-2H3,(H2,14,15,16,17). The van der Waals surface area contributed by atoms with E-state index in [2.05, 4.69) is 20.8 Å². The molecule has 1 amide bonds. The number of anilines is 1. The Morgan fingerprint density at radius 1 is 1.55 bits per heavy atom. The van der Waals surface area contributed by atoms with Crippen molar-refractivity contribution in [2.75, 3.05) is 23.4 Å². The molecule has 1 aromatic rings. The number of sulfone groups is 1. The van der Waals surface area contributed by atoms with Gasteiger partial charge in [0.2, 0.25) is 5.91 Å². The molecule has 20 heavy (non-hydrogen) atoms. The van der Waals surface area contributed by atoms with Gasteiger partial charge in [-0.3, -0.25) is 9.89 Å². The summed E-state index contributed by atoms with van der Waals surface area (Å²) in [5, 5.41) is 12.6. The summed E-state index contributed by atoms with van der Waals surface area (Å²) in [7, 11) is -3.02. The Morgan fingerprint density at radius 2 is 2.30 bits per heavy atom. The molecule has 0 aromatic carbocycles. The van der Waals surface area contributed by atoms with Crippen molar-refractivity contribution in [3.05, 3.63) is 11.8 Å². The monoisotopic (exact) mass is 300 g/mol. The highest BCUT2D eigenvalue weighted by Crippen LogP contribution is 2.15. The van der Waals surface area contributed by atoms with Crippen LogP contribution in [0.2, 0.25) is 0 Å². The predicted octanol–water partition coefficient (Wildman–Crippen LogP) is 0.248. The molecule has 0 aliphatic carbocycles.